The lowest BCUT2D eigenvalue weighted by atomic mass is 10.0. The Hall–Kier alpha value is -1.87. The van der Waals surface area contributed by atoms with Gasteiger partial charge in [-0.1, -0.05) is 182 Å². The van der Waals surface area contributed by atoms with E-state index in [9.17, 15) is 19.5 Å². The molecule has 9 heteroatoms. The molecular formula is C60H118N2O7. The molecule has 0 bridgehead atoms. The van der Waals surface area contributed by atoms with Crippen molar-refractivity contribution in [1.82, 2.24) is 9.80 Å². The number of carbonyl (C=O) groups excluding carboxylic acids is 3. The second kappa shape index (κ2) is 51.0. The van der Waals surface area contributed by atoms with Gasteiger partial charge in [0.05, 0.1) is 6.10 Å². The van der Waals surface area contributed by atoms with Crippen LogP contribution in [0.4, 0.5) is 4.79 Å². The molecule has 0 saturated heterocycles. The van der Waals surface area contributed by atoms with Crippen LogP contribution in [0.5, 0.6) is 0 Å². The maximum Gasteiger partial charge on any atom is 0.410 e. The zero-order valence-corrected chi connectivity index (χ0v) is 47.1. The first-order chi connectivity index (χ1) is 33.6. The quantitative estimate of drug-likeness (QED) is 0.0365. The number of hydrogen-bond donors (Lipinski definition) is 1. The highest BCUT2D eigenvalue weighted by Crippen LogP contribution is 2.22. The third kappa shape index (κ3) is 45.7. The second-order valence-electron chi connectivity index (χ2n) is 21.4. The molecule has 0 aliphatic rings. The summed E-state index contributed by atoms with van der Waals surface area (Å²) < 4.78 is 18.4. The Morgan fingerprint density at radius 1 is 0.348 bits per heavy atom. The zero-order valence-electron chi connectivity index (χ0n) is 47.1. The number of rotatable bonds is 53. The van der Waals surface area contributed by atoms with E-state index in [1.165, 1.54) is 77.0 Å². The van der Waals surface area contributed by atoms with Crippen molar-refractivity contribution >= 4 is 18.0 Å². The summed E-state index contributed by atoms with van der Waals surface area (Å²) >= 11 is 0. The molecular weight excluding hydrogens is 861 g/mol. The van der Waals surface area contributed by atoms with Gasteiger partial charge in [0.25, 0.3) is 0 Å². The van der Waals surface area contributed by atoms with Crippen molar-refractivity contribution in [2.24, 2.45) is 0 Å². The molecule has 0 saturated carbocycles. The molecule has 0 aliphatic heterocycles. The van der Waals surface area contributed by atoms with Gasteiger partial charge < -0.3 is 29.1 Å². The number of ether oxygens (including phenoxy) is 3. The van der Waals surface area contributed by atoms with Gasteiger partial charge in [0.2, 0.25) is 0 Å². The summed E-state index contributed by atoms with van der Waals surface area (Å²) in [5, 5.41) is 10.6. The Balaban J connectivity index is 5.13. The van der Waals surface area contributed by atoms with E-state index in [1.807, 2.05) is 4.90 Å². The monoisotopic (exact) mass is 979 g/mol. The molecule has 0 spiro atoms. The highest BCUT2D eigenvalue weighted by molar-refractivity contribution is 5.70. The largest absolute Gasteiger partial charge is 0.462 e. The molecule has 0 heterocycles. The first-order valence-electron chi connectivity index (χ1n) is 30.3. The van der Waals surface area contributed by atoms with E-state index < -0.39 is 0 Å². The Labute approximate surface area is 428 Å². The number of esters is 2. The summed E-state index contributed by atoms with van der Waals surface area (Å²) in [5.74, 6) is -0.0286. The summed E-state index contributed by atoms with van der Waals surface area (Å²) in [5.41, 5.74) is 0. The van der Waals surface area contributed by atoms with Crippen LogP contribution in [0.3, 0.4) is 0 Å². The van der Waals surface area contributed by atoms with E-state index in [0.717, 1.165) is 186 Å². The minimum atomic E-state index is -0.309. The van der Waals surface area contributed by atoms with Crippen LogP contribution < -0.4 is 0 Å². The molecule has 9 nitrogen and oxygen atoms in total. The van der Waals surface area contributed by atoms with E-state index in [0.29, 0.717) is 32.4 Å². The predicted octanol–water partition coefficient (Wildman–Crippen LogP) is 17.4. The number of unbranched alkanes of at least 4 members (excludes halogenated alkanes) is 24. The first kappa shape index (κ1) is 67.1. The number of amides is 1. The van der Waals surface area contributed by atoms with Gasteiger partial charge in [-0.2, -0.15) is 0 Å². The Morgan fingerprint density at radius 2 is 0.638 bits per heavy atom. The highest BCUT2D eigenvalue weighted by Gasteiger charge is 2.21. The number of aliphatic hydroxyl groups excluding tert-OH is 1. The van der Waals surface area contributed by atoms with Crippen molar-refractivity contribution in [3.63, 3.8) is 0 Å². The Morgan fingerprint density at radius 3 is 1.01 bits per heavy atom. The Kier molecular flexibility index (Phi) is 49.7. The third-order valence-electron chi connectivity index (χ3n) is 14.1. The summed E-state index contributed by atoms with van der Waals surface area (Å²) in [6.45, 7) is 13.3. The maximum atomic E-state index is 13.8. The molecule has 0 aromatic carbocycles. The topological polar surface area (TPSA) is 106 Å². The van der Waals surface area contributed by atoms with E-state index in [4.69, 9.17) is 14.2 Å². The zero-order chi connectivity index (χ0) is 50.8. The lowest BCUT2D eigenvalue weighted by molar-refractivity contribution is -0.151. The third-order valence-corrected chi connectivity index (χ3v) is 14.1. The molecule has 1 atom stereocenters. The average molecular weight is 980 g/mol. The lowest BCUT2D eigenvalue weighted by Gasteiger charge is -2.27. The SMILES string of the molecule is CCCCCCC(CCCCCC)OC(=O)CCCCCCCCC(CCCCCCCCC(=O)OC(CCCCCC)CCCCCC)OC(=O)N(CCCC(O)CCCCC)CCCN(C)C. The van der Waals surface area contributed by atoms with Crippen molar-refractivity contribution in [2.75, 3.05) is 33.7 Å². The van der Waals surface area contributed by atoms with Crippen LogP contribution in [0.15, 0.2) is 0 Å². The van der Waals surface area contributed by atoms with Crippen LogP contribution in [0.1, 0.15) is 311 Å². The molecule has 410 valence electrons. The molecule has 0 aromatic rings. The second-order valence-corrected chi connectivity index (χ2v) is 21.4. The van der Waals surface area contributed by atoms with Crippen LogP contribution >= 0.6 is 0 Å². The molecule has 0 aromatic heterocycles. The normalized spacial score (nSPS) is 12.2. The van der Waals surface area contributed by atoms with Crippen molar-refractivity contribution in [2.45, 2.75) is 335 Å². The number of carbonyl (C=O) groups is 3. The van der Waals surface area contributed by atoms with Gasteiger partial charge in [0, 0.05) is 25.9 Å². The molecule has 0 radical (unpaired) electrons. The summed E-state index contributed by atoms with van der Waals surface area (Å²) in [6.07, 6.45) is 44.9. The maximum absolute atomic E-state index is 13.8. The van der Waals surface area contributed by atoms with Crippen LogP contribution in [-0.4, -0.2) is 91.1 Å². The van der Waals surface area contributed by atoms with Gasteiger partial charge in [-0.05, 0) is 136 Å². The molecule has 1 amide bonds. The van der Waals surface area contributed by atoms with Gasteiger partial charge in [0.15, 0.2) is 0 Å². The number of aliphatic hydroxyl groups is 1. The van der Waals surface area contributed by atoms with Crippen LogP contribution in [0, 0.1) is 0 Å². The average Bonchev–Trinajstić information content (AvgIpc) is 3.32. The Bertz CT molecular complexity index is 1040. The molecule has 0 aliphatic carbocycles. The molecule has 69 heavy (non-hydrogen) atoms. The van der Waals surface area contributed by atoms with Crippen LogP contribution in [0.2, 0.25) is 0 Å². The summed E-state index contributed by atoms with van der Waals surface area (Å²) in [4.78, 5) is 43.5. The molecule has 1 unspecified atom stereocenters. The molecule has 1 N–H and O–H groups in total. The summed E-state index contributed by atoms with van der Waals surface area (Å²) in [6, 6.07) is 0. The fourth-order valence-electron chi connectivity index (χ4n) is 9.55. The van der Waals surface area contributed by atoms with Gasteiger partial charge in [-0.25, -0.2) is 4.79 Å². The van der Waals surface area contributed by atoms with E-state index in [-0.39, 0.29) is 42.4 Å². The van der Waals surface area contributed by atoms with E-state index >= 15 is 0 Å². The predicted molar refractivity (Wildman–Crippen MR) is 293 cm³/mol. The number of nitrogens with zero attached hydrogens (tertiary/aromatic N) is 2. The smallest absolute Gasteiger partial charge is 0.410 e. The fourth-order valence-corrected chi connectivity index (χ4v) is 9.55. The highest BCUT2D eigenvalue weighted by atomic mass is 16.6. The minimum Gasteiger partial charge on any atom is -0.462 e. The van der Waals surface area contributed by atoms with E-state index in [1.54, 1.807) is 0 Å². The van der Waals surface area contributed by atoms with Gasteiger partial charge in [0.1, 0.15) is 18.3 Å². The first-order valence-corrected chi connectivity index (χ1v) is 30.3. The van der Waals surface area contributed by atoms with Crippen molar-refractivity contribution < 1.29 is 33.7 Å². The van der Waals surface area contributed by atoms with Crippen molar-refractivity contribution in [3.8, 4) is 0 Å². The number of hydrogen-bond acceptors (Lipinski definition) is 8. The van der Waals surface area contributed by atoms with Crippen LogP contribution in [-0.2, 0) is 23.8 Å². The minimum absolute atomic E-state index is 0.0143. The van der Waals surface area contributed by atoms with Crippen molar-refractivity contribution in [3.05, 3.63) is 0 Å². The van der Waals surface area contributed by atoms with Gasteiger partial charge in [-0.3, -0.25) is 9.59 Å². The molecule has 0 fully saturated rings. The lowest BCUT2D eigenvalue weighted by Crippen LogP contribution is -2.37. The van der Waals surface area contributed by atoms with Gasteiger partial charge in [-0.15, -0.1) is 0 Å². The summed E-state index contributed by atoms with van der Waals surface area (Å²) in [7, 11) is 4.14. The van der Waals surface area contributed by atoms with Crippen molar-refractivity contribution in [1.29, 1.82) is 0 Å². The van der Waals surface area contributed by atoms with Gasteiger partial charge >= 0.3 is 18.0 Å². The molecule has 0 rings (SSSR count). The van der Waals surface area contributed by atoms with Crippen LogP contribution in [0.25, 0.3) is 0 Å². The fraction of sp³-hybridized carbons (Fsp3) is 0.950. The standard InChI is InChI=1S/C60H118N2O7/c1-8-13-18-31-43-55(44-32-19-14-9-2)67-58(64)49-37-28-24-22-26-35-47-57(69-60(66)62(53-40-51-61(6)7)52-39-42-54(63)41-30-17-12-5)48-36-27-23-25-29-38-50-59(65)68-56(45-33-20-15-10-3)46-34-21-16-11-4/h54-57,63H,8-53H2,1-7H3. The van der Waals surface area contributed by atoms with E-state index in [2.05, 4.69) is 53.6 Å².